The van der Waals surface area contributed by atoms with Gasteiger partial charge in [0, 0.05) is 12.6 Å². The van der Waals surface area contributed by atoms with Gasteiger partial charge in [-0.25, -0.2) is 0 Å². The highest BCUT2D eigenvalue weighted by atomic mass is 16.1. The fourth-order valence-corrected chi connectivity index (χ4v) is 2.02. The second kappa shape index (κ2) is 4.91. The Kier molecular flexibility index (Phi) is 3.97. The van der Waals surface area contributed by atoms with Gasteiger partial charge in [0.25, 0.3) is 0 Å². The molecule has 0 radical (unpaired) electrons. The van der Waals surface area contributed by atoms with Crippen molar-refractivity contribution in [3.05, 3.63) is 28.8 Å². The maximum Gasteiger partial charge on any atom is 0.221 e. The van der Waals surface area contributed by atoms with Gasteiger partial charge in [-0.15, -0.1) is 0 Å². The highest BCUT2D eigenvalue weighted by Crippen LogP contribution is 2.29. The van der Waals surface area contributed by atoms with Crippen LogP contribution in [-0.4, -0.2) is 5.91 Å². The van der Waals surface area contributed by atoms with Crippen LogP contribution in [0.25, 0.3) is 0 Å². The van der Waals surface area contributed by atoms with Crippen molar-refractivity contribution in [2.75, 3.05) is 5.32 Å². The van der Waals surface area contributed by atoms with E-state index in [0.29, 0.717) is 0 Å². The van der Waals surface area contributed by atoms with Gasteiger partial charge in [-0.2, -0.15) is 0 Å². The minimum Gasteiger partial charge on any atom is -0.326 e. The van der Waals surface area contributed by atoms with E-state index in [1.165, 1.54) is 16.7 Å². The van der Waals surface area contributed by atoms with E-state index in [9.17, 15) is 4.79 Å². The Morgan fingerprint density at radius 2 is 1.82 bits per heavy atom. The molecule has 0 spiro atoms. The van der Waals surface area contributed by atoms with Crippen LogP contribution in [0.1, 0.15) is 44.4 Å². The van der Waals surface area contributed by atoms with Crippen LogP contribution in [0, 0.1) is 19.3 Å². The third kappa shape index (κ3) is 3.88. The largest absolute Gasteiger partial charge is 0.326 e. The summed E-state index contributed by atoms with van der Waals surface area (Å²) < 4.78 is 0. The first-order chi connectivity index (χ1) is 7.70. The van der Waals surface area contributed by atoms with Crippen LogP contribution >= 0.6 is 0 Å². The average molecular weight is 233 g/mol. The van der Waals surface area contributed by atoms with Gasteiger partial charge < -0.3 is 5.32 Å². The second-order valence-electron chi connectivity index (χ2n) is 5.95. The van der Waals surface area contributed by atoms with Gasteiger partial charge in [0.1, 0.15) is 0 Å². The molecule has 0 aliphatic rings. The molecule has 0 aliphatic carbocycles. The third-order valence-corrected chi connectivity index (χ3v) is 2.85. The fraction of sp³-hybridized carbons (Fsp3) is 0.533. The molecule has 0 heterocycles. The number of rotatable bonds is 2. The van der Waals surface area contributed by atoms with Crippen LogP contribution in [-0.2, 0) is 11.2 Å². The van der Waals surface area contributed by atoms with Crippen LogP contribution < -0.4 is 5.32 Å². The zero-order valence-electron chi connectivity index (χ0n) is 11.8. The Balaban J connectivity index is 3.15. The number of nitrogens with one attached hydrogen (secondary N) is 1. The van der Waals surface area contributed by atoms with Crippen molar-refractivity contribution >= 4 is 11.6 Å². The fourth-order valence-electron chi connectivity index (χ4n) is 2.02. The van der Waals surface area contributed by atoms with Crippen LogP contribution in [0.5, 0.6) is 0 Å². The third-order valence-electron chi connectivity index (χ3n) is 2.85. The lowest BCUT2D eigenvalue weighted by Crippen LogP contribution is -2.14. The van der Waals surface area contributed by atoms with E-state index in [1.54, 1.807) is 6.92 Å². The number of aryl methyl sites for hydroxylation is 1. The van der Waals surface area contributed by atoms with Crippen LogP contribution in [0.3, 0.4) is 0 Å². The van der Waals surface area contributed by atoms with E-state index >= 15 is 0 Å². The molecule has 0 fully saturated rings. The molecule has 1 aromatic rings. The molecule has 94 valence electrons. The molecule has 0 aliphatic heterocycles. The molecule has 0 saturated heterocycles. The molecule has 0 unspecified atom stereocenters. The summed E-state index contributed by atoms with van der Waals surface area (Å²) in [5.41, 5.74) is 5.03. The van der Waals surface area contributed by atoms with Crippen molar-refractivity contribution in [2.45, 2.75) is 48.0 Å². The maximum absolute atomic E-state index is 11.1. The lowest BCUT2D eigenvalue weighted by atomic mass is 9.84. The molecular weight excluding hydrogens is 210 g/mol. The number of carbonyl (C=O) groups is 1. The van der Waals surface area contributed by atoms with Gasteiger partial charge in [-0.05, 0) is 48.4 Å². The summed E-state index contributed by atoms with van der Waals surface area (Å²) in [6, 6.07) is 4.07. The lowest BCUT2D eigenvalue weighted by molar-refractivity contribution is -0.114. The number of hydrogen-bond acceptors (Lipinski definition) is 1. The number of benzene rings is 1. The van der Waals surface area contributed by atoms with E-state index < -0.39 is 0 Å². The van der Waals surface area contributed by atoms with E-state index in [-0.39, 0.29) is 11.3 Å². The summed E-state index contributed by atoms with van der Waals surface area (Å²) in [5, 5.41) is 2.89. The number of carbonyl (C=O) groups excluding carboxylic acids is 1. The van der Waals surface area contributed by atoms with E-state index in [1.807, 2.05) is 6.07 Å². The van der Waals surface area contributed by atoms with Crippen LogP contribution in [0.2, 0.25) is 0 Å². The summed E-state index contributed by atoms with van der Waals surface area (Å²) in [6.45, 7) is 12.5. The quantitative estimate of drug-likeness (QED) is 0.826. The Hall–Kier alpha value is -1.31. The first-order valence-electron chi connectivity index (χ1n) is 6.07. The van der Waals surface area contributed by atoms with Gasteiger partial charge in [-0.3, -0.25) is 4.79 Å². The van der Waals surface area contributed by atoms with Crippen molar-refractivity contribution in [3.63, 3.8) is 0 Å². The minimum absolute atomic E-state index is 0.0151. The molecule has 1 rings (SSSR count). The van der Waals surface area contributed by atoms with Crippen LogP contribution in [0.4, 0.5) is 5.69 Å². The maximum atomic E-state index is 11.1. The monoisotopic (exact) mass is 233 g/mol. The number of amides is 1. The first kappa shape index (κ1) is 13.8. The van der Waals surface area contributed by atoms with Gasteiger partial charge in [0.15, 0.2) is 0 Å². The van der Waals surface area contributed by atoms with Crippen molar-refractivity contribution in [3.8, 4) is 0 Å². The Labute approximate surface area is 104 Å². The van der Waals surface area contributed by atoms with Crippen molar-refractivity contribution < 1.29 is 4.79 Å². The van der Waals surface area contributed by atoms with E-state index in [4.69, 9.17) is 0 Å². The summed E-state index contributed by atoms with van der Waals surface area (Å²) >= 11 is 0. The first-order valence-corrected chi connectivity index (χ1v) is 6.07. The highest BCUT2D eigenvalue weighted by Gasteiger charge is 2.16. The molecule has 2 nitrogen and oxygen atoms in total. The smallest absolute Gasteiger partial charge is 0.221 e. The number of hydrogen-bond donors (Lipinski definition) is 1. The molecule has 1 aromatic carbocycles. The lowest BCUT2D eigenvalue weighted by Gasteiger charge is -2.22. The summed E-state index contributed by atoms with van der Waals surface area (Å²) in [6.07, 6.45) is 1.03. The molecule has 2 heteroatoms. The minimum atomic E-state index is -0.0151. The topological polar surface area (TPSA) is 29.1 Å². The average Bonchev–Trinajstić information content (AvgIpc) is 2.15. The Morgan fingerprint density at radius 1 is 1.24 bits per heavy atom. The molecule has 17 heavy (non-hydrogen) atoms. The molecule has 0 aromatic heterocycles. The van der Waals surface area contributed by atoms with Crippen molar-refractivity contribution in [2.24, 2.45) is 5.41 Å². The number of anilines is 1. The molecule has 1 amide bonds. The predicted molar refractivity (Wildman–Crippen MR) is 73.4 cm³/mol. The highest BCUT2D eigenvalue weighted by molar-refractivity contribution is 5.89. The summed E-state index contributed by atoms with van der Waals surface area (Å²) in [5.74, 6) is -0.0151. The van der Waals surface area contributed by atoms with Gasteiger partial charge >= 0.3 is 0 Å². The molecule has 0 saturated carbocycles. The standard InChI is InChI=1S/C15H23NO/c1-10-7-8-14(16-12(3)17)11(2)13(10)9-15(4,5)6/h7-8H,9H2,1-6H3,(H,16,17). The van der Waals surface area contributed by atoms with Crippen LogP contribution in [0.15, 0.2) is 12.1 Å². The van der Waals surface area contributed by atoms with Crippen molar-refractivity contribution in [1.29, 1.82) is 0 Å². The Morgan fingerprint density at radius 3 is 2.29 bits per heavy atom. The molecular formula is C15H23NO. The second-order valence-corrected chi connectivity index (χ2v) is 5.95. The summed E-state index contributed by atoms with van der Waals surface area (Å²) in [4.78, 5) is 11.1. The zero-order valence-corrected chi connectivity index (χ0v) is 11.8. The predicted octanol–water partition coefficient (Wildman–Crippen LogP) is 3.85. The van der Waals surface area contributed by atoms with Crippen molar-refractivity contribution in [1.82, 2.24) is 0 Å². The molecule has 0 atom stereocenters. The normalized spacial score (nSPS) is 11.4. The molecule has 0 bridgehead atoms. The Bertz CT molecular complexity index is 427. The zero-order chi connectivity index (χ0) is 13.2. The summed E-state index contributed by atoms with van der Waals surface area (Å²) in [7, 11) is 0. The molecule has 1 N–H and O–H groups in total. The van der Waals surface area contributed by atoms with Gasteiger partial charge in [0.05, 0.1) is 0 Å². The van der Waals surface area contributed by atoms with Gasteiger partial charge in [-0.1, -0.05) is 26.8 Å². The van der Waals surface area contributed by atoms with E-state index in [2.05, 4.69) is 46.0 Å². The van der Waals surface area contributed by atoms with Gasteiger partial charge in [0.2, 0.25) is 5.91 Å². The SMILES string of the molecule is CC(=O)Nc1ccc(C)c(CC(C)(C)C)c1C. The van der Waals surface area contributed by atoms with E-state index in [0.717, 1.165) is 12.1 Å².